The molecule has 0 aliphatic rings. The van der Waals surface area contributed by atoms with E-state index in [-0.39, 0.29) is 5.91 Å². The fourth-order valence-electron chi connectivity index (χ4n) is 1.02. The molecular weight excluding hydrogens is 288 g/mol. The number of thioether (sulfide) groups is 1. The van der Waals surface area contributed by atoms with Crippen molar-refractivity contribution < 1.29 is 4.79 Å². The number of hydrogen-bond donors (Lipinski definition) is 1. The van der Waals surface area contributed by atoms with Crippen LogP contribution in [0.25, 0.3) is 0 Å². The average Bonchev–Trinajstić information content (AvgIpc) is 2.29. The summed E-state index contributed by atoms with van der Waals surface area (Å²) in [4.78, 5) is 15.6. The van der Waals surface area contributed by atoms with Gasteiger partial charge in [0.15, 0.2) is 0 Å². The van der Waals surface area contributed by atoms with E-state index in [0.717, 1.165) is 5.75 Å². The molecule has 0 spiro atoms. The zero-order chi connectivity index (χ0) is 11.8. The lowest BCUT2D eigenvalue weighted by molar-refractivity contribution is 0.0955. The monoisotopic (exact) mass is 298 g/mol. The Morgan fingerprint density at radius 2 is 2.50 bits per heavy atom. The first-order valence-corrected chi connectivity index (χ1v) is 6.60. The Balaban J connectivity index is 2.36. The number of pyridine rings is 1. The number of rotatable bonds is 5. The molecule has 1 heterocycles. The van der Waals surface area contributed by atoms with Gasteiger partial charge in [0.2, 0.25) is 0 Å². The summed E-state index contributed by atoms with van der Waals surface area (Å²) in [7, 11) is 0. The van der Waals surface area contributed by atoms with Gasteiger partial charge in [0.1, 0.15) is 4.60 Å². The van der Waals surface area contributed by atoms with Crippen molar-refractivity contribution in [3.8, 4) is 12.3 Å². The molecular formula is C11H11BrN2OS. The highest BCUT2D eigenvalue weighted by Crippen LogP contribution is 2.11. The van der Waals surface area contributed by atoms with E-state index in [1.807, 2.05) is 0 Å². The molecule has 5 heteroatoms. The van der Waals surface area contributed by atoms with Crippen molar-refractivity contribution in [2.75, 3.05) is 18.1 Å². The molecule has 0 atom stereocenters. The topological polar surface area (TPSA) is 42.0 Å². The van der Waals surface area contributed by atoms with Crippen LogP contribution in [0.1, 0.15) is 10.4 Å². The Bertz CT molecular complexity index is 403. The van der Waals surface area contributed by atoms with Crippen LogP contribution >= 0.6 is 27.7 Å². The predicted octanol–water partition coefficient (Wildman–Crippen LogP) is 1.94. The number of nitrogens with zero attached hydrogens (tertiary/aromatic N) is 1. The number of hydrogen-bond acceptors (Lipinski definition) is 3. The van der Waals surface area contributed by atoms with Crippen LogP contribution in [-0.4, -0.2) is 28.9 Å². The summed E-state index contributed by atoms with van der Waals surface area (Å²) in [5, 5.41) is 2.80. The molecule has 16 heavy (non-hydrogen) atoms. The summed E-state index contributed by atoms with van der Waals surface area (Å²) in [6.07, 6.45) is 6.74. The maximum Gasteiger partial charge on any atom is 0.254 e. The van der Waals surface area contributed by atoms with Crippen molar-refractivity contribution in [1.82, 2.24) is 10.3 Å². The quantitative estimate of drug-likeness (QED) is 0.513. The van der Waals surface area contributed by atoms with Gasteiger partial charge in [-0.2, -0.15) is 0 Å². The standard InChI is InChI=1S/C11H11BrN2OS/c1-2-7-16-8-6-14-11(15)9-4-3-5-13-10(9)12/h1,3-5H,6-8H2,(H,14,15). The Morgan fingerprint density at radius 1 is 1.69 bits per heavy atom. The number of halogens is 1. The molecule has 0 unspecified atom stereocenters. The number of nitrogens with one attached hydrogen (secondary N) is 1. The molecule has 0 saturated heterocycles. The summed E-state index contributed by atoms with van der Waals surface area (Å²) in [6.45, 7) is 0.604. The molecule has 0 aliphatic heterocycles. The molecule has 3 nitrogen and oxygen atoms in total. The van der Waals surface area contributed by atoms with Gasteiger partial charge < -0.3 is 5.32 Å². The van der Waals surface area contributed by atoms with Crippen LogP contribution in [0, 0.1) is 12.3 Å². The number of terminal acetylenes is 1. The van der Waals surface area contributed by atoms with Crippen LogP contribution in [0.4, 0.5) is 0 Å². The van der Waals surface area contributed by atoms with E-state index in [2.05, 4.69) is 32.2 Å². The van der Waals surface area contributed by atoms with Crippen molar-refractivity contribution in [1.29, 1.82) is 0 Å². The molecule has 0 bridgehead atoms. The van der Waals surface area contributed by atoms with Crippen LogP contribution < -0.4 is 5.32 Å². The lowest BCUT2D eigenvalue weighted by Gasteiger charge is -2.05. The molecule has 1 N–H and O–H groups in total. The molecule has 0 aromatic carbocycles. The molecule has 1 aromatic rings. The van der Waals surface area contributed by atoms with E-state index in [1.165, 1.54) is 0 Å². The van der Waals surface area contributed by atoms with Gasteiger partial charge in [-0.25, -0.2) is 4.98 Å². The van der Waals surface area contributed by atoms with Crippen molar-refractivity contribution in [3.05, 3.63) is 28.5 Å². The molecule has 1 amide bonds. The SMILES string of the molecule is C#CCSCCNC(=O)c1cccnc1Br. The summed E-state index contributed by atoms with van der Waals surface area (Å²) < 4.78 is 0.559. The largest absolute Gasteiger partial charge is 0.351 e. The number of aromatic nitrogens is 1. The van der Waals surface area contributed by atoms with Gasteiger partial charge in [-0.1, -0.05) is 5.92 Å². The molecule has 0 saturated carbocycles. The van der Waals surface area contributed by atoms with Crippen LogP contribution in [-0.2, 0) is 0 Å². The van der Waals surface area contributed by atoms with Crippen LogP contribution in [0.3, 0.4) is 0 Å². The van der Waals surface area contributed by atoms with Crippen LogP contribution in [0.5, 0.6) is 0 Å². The van der Waals surface area contributed by atoms with Crippen molar-refractivity contribution in [2.24, 2.45) is 0 Å². The molecule has 0 fully saturated rings. The van der Waals surface area contributed by atoms with Crippen LogP contribution in [0.15, 0.2) is 22.9 Å². The smallest absolute Gasteiger partial charge is 0.254 e. The maximum absolute atomic E-state index is 11.7. The van der Waals surface area contributed by atoms with E-state index < -0.39 is 0 Å². The molecule has 1 aromatic heterocycles. The second-order valence-electron chi connectivity index (χ2n) is 2.85. The van der Waals surface area contributed by atoms with Crippen molar-refractivity contribution in [3.63, 3.8) is 0 Å². The Hall–Kier alpha value is -0.990. The number of carbonyl (C=O) groups is 1. The normalized spacial score (nSPS) is 9.50. The van der Waals surface area contributed by atoms with E-state index in [0.29, 0.717) is 22.5 Å². The van der Waals surface area contributed by atoms with E-state index in [9.17, 15) is 4.79 Å². The average molecular weight is 299 g/mol. The first-order valence-electron chi connectivity index (χ1n) is 4.65. The third-order valence-electron chi connectivity index (χ3n) is 1.72. The Labute approximate surface area is 108 Å². The third-order valence-corrected chi connectivity index (χ3v) is 3.22. The highest BCUT2D eigenvalue weighted by molar-refractivity contribution is 9.10. The summed E-state index contributed by atoms with van der Waals surface area (Å²) in [5.74, 6) is 3.89. The van der Waals surface area contributed by atoms with Gasteiger partial charge in [-0.15, -0.1) is 18.2 Å². The summed E-state index contributed by atoms with van der Waals surface area (Å²) >= 11 is 4.84. The van der Waals surface area contributed by atoms with Gasteiger partial charge in [0.05, 0.1) is 11.3 Å². The zero-order valence-electron chi connectivity index (χ0n) is 8.57. The van der Waals surface area contributed by atoms with Gasteiger partial charge >= 0.3 is 0 Å². The third kappa shape index (κ3) is 4.25. The van der Waals surface area contributed by atoms with Crippen LogP contribution in [0.2, 0.25) is 0 Å². The van der Waals surface area contributed by atoms with E-state index in [1.54, 1.807) is 30.1 Å². The second-order valence-corrected chi connectivity index (χ2v) is 4.71. The molecule has 1 rings (SSSR count). The van der Waals surface area contributed by atoms with E-state index in [4.69, 9.17) is 6.42 Å². The Morgan fingerprint density at radius 3 is 3.19 bits per heavy atom. The molecule has 0 aliphatic carbocycles. The number of carbonyl (C=O) groups excluding carboxylic acids is 1. The minimum absolute atomic E-state index is 0.124. The van der Waals surface area contributed by atoms with Gasteiger partial charge in [0.25, 0.3) is 5.91 Å². The summed E-state index contributed by atoms with van der Waals surface area (Å²) in [6, 6.07) is 3.45. The second kappa shape index (κ2) is 7.31. The van der Waals surface area contributed by atoms with Gasteiger partial charge in [-0.3, -0.25) is 4.79 Å². The van der Waals surface area contributed by atoms with Gasteiger partial charge in [-0.05, 0) is 28.1 Å². The highest BCUT2D eigenvalue weighted by Gasteiger charge is 2.08. The Kier molecular flexibility index (Phi) is 5.98. The number of amides is 1. The lowest BCUT2D eigenvalue weighted by Crippen LogP contribution is -2.26. The molecule has 84 valence electrons. The minimum Gasteiger partial charge on any atom is -0.351 e. The first-order chi connectivity index (χ1) is 7.75. The first kappa shape index (κ1) is 13.1. The lowest BCUT2D eigenvalue weighted by atomic mass is 10.3. The highest BCUT2D eigenvalue weighted by atomic mass is 79.9. The zero-order valence-corrected chi connectivity index (χ0v) is 11.0. The van der Waals surface area contributed by atoms with Gasteiger partial charge in [0, 0.05) is 18.5 Å². The fourth-order valence-corrected chi connectivity index (χ4v) is 1.96. The molecule has 0 radical (unpaired) electrons. The maximum atomic E-state index is 11.7. The van der Waals surface area contributed by atoms with E-state index >= 15 is 0 Å². The van der Waals surface area contributed by atoms with Crippen molar-refractivity contribution >= 4 is 33.6 Å². The van der Waals surface area contributed by atoms with Crippen molar-refractivity contribution in [2.45, 2.75) is 0 Å². The minimum atomic E-state index is -0.124. The summed E-state index contributed by atoms with van der Waals surface area (Å²) in [5.41, 5.74) is 0.546. The fraction of sp³-hybridized carbons (Fsp3) is 0.273. The predicted molar refractivity (Wildman–Crippen MR) is 70.4 cm³/mol.